The minimum atomic E-state index is -1.67. The van der Waals surface area contributed by atoms with Gasteiger partial charge < -0.3 is 50.0 Å². The Morgan fingerprint density at radius 1 is 1.04 bits per heavy atom. The first kappa shape index (κ1) is 21.6. The highest BCUT2D eigenvalue weighted by molar-refractivity contribution is 4.91. The van der Waals surface area contributed by atoms with Crippen LogP contribution in [0.4, 0.5) is 0 Å². The Morgan fingerprint density at radius 3 is 2.12 bits per heavy atom. The summed E-state index contributed by atoms with van der Waals surface area (Å²) in [6, 6.07) is 0. The van der Waals surface area contributed by atoms with E-state index in [4.69, 9.17) is 19.3 Å². The van der Waals surface area contributed by atoms with Crippen LogP contribution >= 0.6 is 0 Å². The molecule has 9 unspecified atom stereocenters. The van der Waals surface area contributed by atoms with Gasteiger partial charge in [-0.3, -0.25) is 0 Å². The van der Waals surface area contributed by atoms with Gasteiger partial charge in [-0.1, -0.05) is 6.92 Å². The third-order valence-electron chi connectivity index (χ3n) is 4.14. The molecule has 0 aromatic rings. The zero-order chi connectivity index (χ0) is 18.4. The Hall–Kier alpha value is -0.400. The van der Waals surface area contributed by atoms with Crippen molar-refractivity contribution in [1.82, 2.24) is 0 Å². The van der Waals surface area contributed by atoms with Gasteiger partial charge in [-0.15, -0.1) is 0 Å². The highest BCUT2D eigenvalue weighted by atomic mass is 16.7. The van der Waals surface area contributed by atoms with E-state index >= 15 is 0 Å². The normalized spacial score (nSPS) is 36.1. The molecule has 10 heteroatoms. The zero-order valence-electron chi connectivity index (χ0n) is 13.7. The van der Waals surface area contributed by atoms with Crippen LogP contribution in [0.3, 0.4) is 0 Å². The van der Waals surface area contributed by atoms with Crippen molar-refractivity contribution in [2.24, 2.45) is 0 Å². The van der Waals surface area contributed by atoms with E-state index in [2.05, 4.69) is 0 Å². The summed E-state index contributed by atoms with van der Waals surface area (Å²) in [6.45, 7) is 0.439. The van der Waals surface area contributed by atoms with Gasteiger partial charge in [-0.25, -0.2) is 0 Å². The summed E-state index contributed by atoms with van der Waals surface area (Å²) in [6.07, 6.45) is -12.4. The van der Waals surface area contributed by atoms with Gasteiger partial charge in [0.05, 0.1) is 19.3 Å². The van der Waals surface area contributed by atoms with E-state index < -0.39 is 68.3 Å². The lowest BCUT2D eigenvalue weighted by atomic mass is 9.98. The molecule has 1 aliphatic rings. The van der Waals surface area contributed by atoms with Crippen LogP contribution in [0.2, 0.25) is 0 Å². The lowest BCUT2D eigenvalue weighted by molar-refractivity contribution is -0.328. The number of hydrogen-bond acceptors (Lipinski definition) is 10. The van der Waals surface area contributed by atoms with Crippen molar-refractivity contribution >= 4 is 0 Å². The van der Waals surface area contributed by atoms with Crippen LogP contribution in [-0.4, -0.2) is 111 Å². The molecule has 0 amide bonds. The van der Waals surface area contributed by atoms with Crippen LogP contribution in [0, 0.1) is 0 Å². The molecule has 0 bridgehead atoms. The minimum absolute atomic E-state index is 0.192. The van der Waals surface area contributed by atoms with Crippen LogP contribution in [0.5, 0.6) is 0 Å². The summed E-state index contributed by atoms with van der Waals surface area (Å²) in [5.74, 6) is 0. The molecular weight excluding hydrogens is 328 g/mol. The third-order valence-corrected chi connectivity index (χ3v) is 4.14. The molecule has 1 heterocycles. The van der Waals surface area contributed by atoms with Crippen molar-refractivity contribution < 1.29 is 50.0 Å². The number of methoxy groups -OCH3 is 1. The second kappa shape index (κ2) is 9.92. The Balaban J connectivity index is 2.95. The number of rotatable bonds is 9. The Bertz CT molecular complexity index is 350. The van der Waals surface area contributed by atoms with Gasteiger partial charge in [0.1, 0.15) is 42.7 Å². The monoisotopic (exact) mass is 356 g/mol. The van der Waals surface area contributed by atoms with E-state index in [0.717, 1.165) is 0 Å². The Kier molecular flexibility index (Phi) is 8.95. The van der Waals surface area contributed by atoms with Crippen LogP contribution in [0.1, 0.15) is 13.3 Å². The van der Waals surface area contributed by atoms with Crippen molar-refractivity contribution in [3.63, 3.8) is 0 Å². The summed E-state index contributed by atoms with van der Waals surface area (Å²) in [7, 11) is 1.26. The van der Waals surface area contributed by atoms with Gasteiger partial charge in [0.15, 0.2) is 6.29 Å². The van der Waals surface area contributed by atoms with Gasteiger partial charge in [0, 0.05) is 7.11 Å². The van der Waals surface area contributed by atoms with Gasteiger partial charge in [0.2, 0.25) is 0 Å². The zero-order valence-corrected chi connectivity index (χ0v) is 13.7. The fourth-order valence-corrected chi connectivity index (χ4v) is 2.50. The van der Waals surface area contributed by atoms with Crippen LogP contribution in [-0.2, 0) is 14.2 Å². The fourth-order valence-electron chi connectivity index (χ4n) is 2.50. The second-order valence-corrected chi connectivity index (χ2v) is 5.72. The van der Waals surface area contributed by atoms with Crippen LogP contribution in [0.15, 0.2) is 0 Å². The molecule has 7 N–H and O–H groups in total. The van der Waals surface area contributed by atoms with Gasteiger partial charge in [-0.05, 0) is 6.42 Å². The summed E-state index contributed by atoms with van der Waals surface area (Å²) < 4.78 is 15.6. The number of aliphatic hydroxyl groups is 7. The average Bonchev–Trinajstić information content (AvgIpc) is 2.60. The van der Waals surface area contributed by atoms with Gasteiger partial charge in [-0.2, -0.15) is 0 Å². The predicted octanol–water partition coefficient (Wildman–Crippen LogP) is -3.69. The minimum Gasteiger partial charge on any atom is -0.394 e. The van der Waals surface area contributed by atoms with E-state index in [-0.39, 0.29) is 6.42 Å². The quantitative estimate of drug-likeness (QED) is 0.218. The Labute approximate surface area is 139 Å². The number of aliphatic hydroxyl groups excluding tert-OH is 7. The summed E-state index contributed by atoms with van der Waals surface area (Å²) >= 11 is 0. The molecule has 0 aliphatic carbocycles. The molecule has 144 valence electrons. The van der Waals surface area contributed by atoms with E-state index in [1.54, 1.807) is 6.92 Å². The van der Waals surface area contributed by atoms with Gasteiger partial charge in [0.25, 0.3) is 0 Å². The maximum Gasteiger partial charge on any atom is 0.187 e. The topological polar surface area (TPSA) is 169 Å². The van der Waals surface area contributed by atoms with Crippen molar-refractivity contribution in [2.75, 3.05) is 20.3 Å². The molecular formula is C14H28O10. The SMILES string of the molecule is CCC(O)C(O)C(OC1OC(CO)C(O)C(O)C1O)C(CO)OC. The largest absolute Gasteiger partial charge is 0.394 e. The molecule has 10 nitrogen and oxygen atoms in total. The first-order chi connectivity index (χ1) is 11.3. The third kappa shape index (κ3) is 4.82. The molecule has 0 aromatic carbocycles. The lowest BCUT2D eigenvalue weighted by Crippen LogP contribution is -2.61. The van der Waals surface area contributed by atoms with Crippen molar-refractivity contribution in [2.45, 2.75) is 68.5 Å². The number of hydrogen-bond donors (Lipinski definition) is 7. The standard InChI is InChI=1S/C14H28O10/c1-3-6(17)9(18)13(8(5-16)22-2)24-14-12(21)11(20)10(19)7(4-15)23-14/h6-21H,3-5H2,1-2H3. The van der Waals surface area contributed by atoms with E-state index in [1.807, 2.05) is 0 Å². The van der Waals surface area contributed by atoms with Crippen molar-refractivity contribution in [3.8, 4) is 0 Å². The maximum atomic E-state index is 10.2. The molecule has 0 saturated carbocycles. The van der Waals surface area contributed by atoms with E-state index in [9.17, 15) is 30.6 Å². The van der Waals surface area contributed by atoms with Crippen molar-refractivity contribution in [1.29, 1.82) is 0 Å². The highest BCUT2D eigenvalue weighted by Gasteiger charge is 2.46. The molecule has 0 spiro atoms. The summed E-state index contributed by atoms with van der Waals surface area (Å²) in [4.78, 5) is 0. The molecule has 1 fully saturated rings. The molecule has 0 aromatic heterocycles. The average molecular weight is 356 g/mol. The maximum absolute atomic E-state index is 10.2. The van der Waals surface area contributed by atoms with E-state index in [0.29, 0.717) is 0 Å². The smallest absolute Gasteiger partial charge is 0.187 e. The second-order valence-electron chi connectivity index (χ2n) is 5.72. The molecule has 0 radical (unpaired) electrons. The van der Waals surface area contributed by atoms with Crippen LogP contribution in [0.25, 0.3) is 0 Å². The molecule has 1 rings (SSSR count). The van der Waals surface area contributed by atoms with E-state index in [1.165, 1.54) is 7.11 Å². The fraction of sp³-hybridized carbons (Fsp3) is 1.00. The van der Waals surface area contributed by atoms with Crippen molar-refractivity contribution in [3.05, 3.63) is 0 Å². The summed E-state index contributed by atoms with van der Waals surface area (Å²) in [5, 5.41) is 68.0. The molecule has 24 heavy (non-hydrogen) atoms. The first-order valence-electron chi connectivity index (χ1n) is 7.78. The highest BCUT2D eigenvalue weighted by Crippen LogP contribution is 2.25. The number of ether oxygens (including phenoxy) is 3. The molecule has 9 atom stereocenters. The first-order valence-corrected chi connectivity index (χ1v) is 7.78. The van der Waals surface area contributed by atoms with Crippen LogP contribution < -0.4 is 0 Å². The molecule has 1 saturated heterocycles. The summed E-state index contributed by atoms with van der Waals surface area (Å²) in [5.41, 5.74) is 0. The van der Waals surface area contributed by atoms with Gasteiger partial charge >= 0.3 is 0 Å². The Morgan fingerprint density at radius 2 is 1.67 bits per heavy atom. The lowest BCUT2D eigenvalue weighted by Gasteiger charge is -2.42. The molecule has 1 aliphatic heterocycles. The predicted molar refractivity (Wildman–Crippen MR) is 78.8 cm³/mol.